The molecular formula is C6H13NO2. The van der Waals surface area contributed by atoms with E-state index >= 15 is 0 Å². The van der Waals surface area contributed by atoms with Crippen LogP contribution < -0.4 is 5.32 Å². The lowest BCUT2D eigenvalue weighted by Crippen LogP contribution is -2.43. The summed E-state index contributed by atoms with van der Waals surface area (Å²) in [5, 5.41) is 2.93. The largest absolute Gasteiger partial charge is 0.388 e. The second kappa shape index (κ2) is 5.72. The molecule has 3 heteroatoms. The third kappa shape index (κ3) is 4.12. The lowest BCUT2D eigenvalue weighted by Gasteiger charge is -2.20. The molecule has 1 unspecified atom stereocenters. The third-order valence-corrected chi connectivity index (χ3v) is 1.03. The highest BCUT2D eigenvalue weighted by molar-refractivity contribution is 5.58. The first-order valence-electron chi connectivity index (χ1n) is 2.94. The zero-order valence-corrected chi connectivity index (χ0v) is 5.89. The van der Waals surface area contributed by atoms with Crippen LogP contribution in [0.3, 0.4) is 0 Å². The normalized spacial score (nSPS) is 23.1. The highest BCUT2D eigenvalue weighted by Crippen LogP contribution is 1.95. The van der Waals surface area contributed by atoms with Crippen molar-refractivity contribution in [1.29, 1.82) is 0 Å². The van der Waals surface area contributed by atoms with Gasteiger partial charge in [-0.3, -0.25) is 0 Å². The summed E-state index contributed by atoms with van der Waals surface area (Å²) in [6, 6.07) is 0.185. The summed E-state index contributed by atoms with van der Waals surface area (Å²) in [6.07, 6.45) is 1.98. The van der Waals surface area contributed by atoms with Crippen LogP contribution in [0.5, 0.6) is 0 Å². The summed E-state index contributed by atoms with van der Waals surface area (Å²) in [7, 11) is 3.25. The standard InChI is InChI=1S/C4H7NO.C2H6O/c6-3-4-1-2-5-4;1-3-2/h3-5H,1-2H2;1-2H3. The highest BCUT2D eigenvalue weighted by atomic mass is 16.4. The van der Waals surface area contributed by atoms with Gasteiger partial charge in [-0.1, -0.05) is 0 Å². The Labute approximate surface area is 55.4 Å². The molecule has 0 radical (unpaired) electrons. The van der Waals surface area contributed by atoms with E-state index in [4.69, 9.17) is 0 Å². The van der Waals surface area contributed by atoms with Crippen LogP contribution in [0.15, 0.2) is 0 Å². The van der Waals surface area contributed by atoms with Crippen molar-refractivity contribution in [3.05, 3.63) is 0 Å². The Morgan fingerprint density at radius 1 is 1.67 bits per heavy atom. The molecule has 1 N–H and O–H groups in total. The lowest BCUT2D eigenvalue weighted by molar-refractivity contribution is -0.110. The number of ether oxygens (including phenoxy) is 1. The Morgan fingerprint density at radius 2 is 2.11 bits per heavy atom. The van der Waals surface area contributed by atoms with E-state index in [2.05, 4.69) is 10.1 Å². The van der Waals surface area contributed by atoms with Gasteiger partial charge < -0.3 is 14.8 Å². The van der Waals surface area contributed by atoms with Crippen LogP contribution in [-0.4, -0.2) is 33.1 Å². The summed E-state index contributed by atoms with van der Waals surface area (Å²) in [6.45, 7) is 1.02. The molecule has 0 aromatic heterocycles. The van der Waals surface area contributed by atoms with Crippen molar-refractivity contribution in [3.8, 4) is 0 Å². The Bertz CT molecular complexity index is 71.5. The summed E-state index contributed by atoms with van der Waals surface area (Å²) < 4.78 is 4.25. The molecule has 0 saturated carbocycles. The van der Waals surface area contributed by atoms with Crippen LogP contribution in [0.1, 0.15) is 6.42 Å². The Balaban J connectivity index is 0.000000187. The number of nitrogens with one attached hydrogen (secondary N) is 1. The molecule has 1 rings (SSSR count). The van der Waals surface area contributed by atoms with E-state index in [9.17, 15) is 4.79 Å². The second-order valence-electron chi connectivity index (χ2n) is 1.89. The van der Waals surface area contributed by atoms with Crippen LogP contribution >= 0.6 is 0 Å². The second-order valence-corrected chi connectivity index (χ2v) is 1.89. The molecule has 1 heterocycles. The van der Waals surface area contributed by atoms with Crippen LogP contribution in [0.2, 0.25) is 0 Å². The fraction of sp³-hybridized carbons (Fsp3) is 0.833. The van der Waals surface area contributed by atoms with Crippen molar-refractivity contribution in [2.24, 2.45) is 0 Å². The highest BCUT2D eigenvalue weighted by Gasteiger charge is 2.13. The van der Waals surface area contributed by atoms with Gasteiger partial charge in [-0.2, -0.15) is 0 Å². The van der Waals surface area contributed by atoms with E-state index in [1.165, 1.54) is 0 Å². The number of aldehydes is 1. The number of hydrogen-bond donors (Lipinski definition) is 1. The molecule has 0 aromatic carbocycles. The van der Waals surface area contributed by atoms with E-state index in [1.807, 2.05) is 0 Å². The van der Waals surface area contributed by atoms with Crippen molar-refractivity contribution in [3.63, 3.8) is 0 Å². The molecule has 1 saturated heterocycles. The number of hydrogen-bond acceptors (Lipinski definition) is 3. The first kappa shape index (κ1) is 8.59. The summed E-state index contributed by atoms with van der Waals surface area (Å²) in [5.41, 5.74) is 0. The van der Waals surface area contributed by atoms with E-state index < -0.39 is 0 Å². The van der Waals surface area contributed by atoms with Gasteiger partial charge in [0.05, 0.1) is 6.04 Å². The fourth-order valence-electron chi connectivity index (χ4n) is 0.427. The van der Waals surface area contributed by atoms with Gasteiger partial charge in [-0.05, 0) is 13.0 Å². The maximum Gasteiger partial charge on any atom is 0.136 e. The van der Waals surface area contributed by atoms with Gasteiger partial charge in [-0.25, -0.2) is 0 Å². The summed E-state index contributed by atoms with van der Waals surface area (Å²) in [4.78, 5) is 9.72. The number of methoxy groups -OCH3 is 1. The van der Waals surface area contributed by atoms with Crippen molar-refractivity contribution in [1.82, 2.24) is 5.32 Å². The van der Waals surface area contributed by atoms with Crippen molar-refractivity contribution in [2.45, 2.75) is 12.5 Å². The summed E-state index contributed by atoms with van der Waals surface area (Å²) >= 11 is 0. The lowest BCUT2D eigenvalue weighted by atomic mass is 10.1. The zero-order chi connectivity index (χ0) is 7.11. The molecule has 0 spiro atoms. The zero-order valence-electron chi connectivity index (χ0n) is 5.89. The molecule has 0 amide bonds. The van der Waals surface area contributed by atoms with Crippen LogP contribution in [0.25, 0.3) is 0 Å². The maximum absolute atomic E-state index is 9.72. The van der Waals surface area contributed by atoms with Gasteiger partial charge in [-0.15, -0.1) is 0 Å². The average Bonchev–Trinajstić information content (AvgIpc) is 1.64. The third-order valence-electron chi connectivity index (χ3n) is 1.03. The molecule has 0 bridgehead atoms. The Kier molecular flexibility index (Phi) is 5.46. The monoisotopic (exact) mass is 131 g/mol. The van der Waals surface area contributed by atoms with Crippen LogP contribution in [0.4, 0.5) is 0 Å². The SMILES string of the molecule is COC.O=CC1CCN1. The molecule has 3 nitrogen and oxygen atoms in total. The molecule has 0 aromatic rings. The first-order valence-corrected chi connectivity index (χ1v) is 2.94. The van der Waals surface area contributed by atoms with Gasteiger partial charge in [0.25, 0.3) is 0 Å². The van der Waals surface area contributed by atoms with E-state index in [0.29, 0.717) is 0 Å². The number of rotatable bonds is 1. The predicted octanol–water partition coefficient (Wildman–Crippen LogP) is -0.190. The fourth-order valence-corrected chi connectivity index (χ4v) is 0.427. The minimum absolute atomic E-state index is 0.185. The van der Waals surface area contributed by atoms with E-state index in [0.717, 1.165) is 19.3 Å². The maximum atomic E-state index is 9.72. The molecule has 1 fully saturated rings. The molecule has 1 atom stereocenters. The van der Waals surface area contributed by atoms with E-state index in [1.54, 1.807) is 14.2 Å². The predicted molar refractivity (Wildman–Crippen MR) is 35.4 cm³/mol. The smallest absolute Gasteiger partial charge is 0.136 e. The Morgan fingerprint density at radius 3 is 2.11 bits per heavy atom. The quantitative estimate of drug-likeness (QED) is 0.501. The topological polar surface area (TPSA) is 38.3 Å². The molecular weight excluding hydrogens is 118 g/mol. The van der Waals surface area contributed by atoms with Gasteiger partial charge in [0.15, 0.2) is 0 Å². The molecule has 0 aliphatic carbocycles. The minimum atomic E-state index is 0.185. The number of carbonyl (C=O) groups excluding carboxylic acids is 1. The van der Waals surface area contributed by atoms with Crippen molar-refractivity contribution >= 4 is 6.29 Å². The summed E-state index contributed by atoms with van der Waals surface area (Å²) in [5.74, 6) is 0. The first-order chi connectivity index (χ1) is 4.35. The van der Waals surface area contributed by atoms with Gasteiger partial charge in [0.2, 0.25) is 0 Å². The minimum Gasteiger partial charge on any atom is -0.388 e. The van der Waals surface area contributed by atoms with Crippen molar-refractivity contribution < 1.29 is 9.53 Å². The van der Waals surface area contributed by atoms with Crippen LogP contribution in [0, 0.1) is 0 Å². The van der Waals surface area contributed by atoms with Crippen LogP contribution in [-0.2, 0) is 9.53 Å². The van der Waals surface area contributed by atoms with Gasteiger partial charge in [0.1, 0.15) is 6.29 Å². The molecule has 1 aliphatic heterocycles. The van der Waals surface area contributed by atoms with E-state index in [-0.39, 0.29) is 6.04 Å². The molecule has 1 aliphatic rings. The Hall–Kier alpha value is -0.410. The molecule has 9 heavy (non-hydrogen) atoms. The molecule has 54 valence electrons. The average molecular weight is 131 g/mol. The number of carbonyl (C=O) groups is 1. The van der Waals surface area contributed by atoms with Gasteiger partial charge in [0, 0.05) is 14.2 Å². The van der Waals surface area contributed by atoms with Gasteiger partial charge >= 0.3 is 0 Å². The van der Waals surface area contributed by atoms with Crippen molar-refractivity contribution in [2.75, 3.05) is 20.8 Å².